The Morgan fingerprint density at radius 1 is 1.19 bits per heavy atom. The van der Waals surface area contributed by atoms with Gasteiger partial charge in [0.25, 0.3) is 0 Å². The standard InChI is InChI=1S/C14H19NS/c1-2-13-5-7-14(8-6-13)11-16-12-15-9-3-4-10-15/h2,5-8H,1,3-4,9-12H2. The van der Waals surface area contributed by atoms with Crippen molar-refractivity contribution in [2.24, 2.45) is 0 Å². The van der Waals surface area contributed by atoms with Crippen molar-refractivity contribution in [2.75, 3.05) is 19.0 Å². The molecule has 0 spiro atoms. The topological polar surface area (TPSA) is 3.24 Å². The van der Waals surface area contributed by atoms with Crippen LogP contribution in [0.25, 0.3) is 6.08 Å². The maximum absolute atomic E-state index is 3.76. The lowest BCUT2D eigenvalue weighted by Gasteiger charge is -2.13. The molecule has 1 aliphatic heterocycles. The highest BCUT2D eigenvalue weighted by Gasteiger charge is 2.10. The number of rotatable bonds is 5. The smallest absolute Gasteiger partial charge is 0.0447 e. The van der Waals surface area contributed by atoms with Crippen molar-refractivity contribution < 1.29 is 0 Å². The molecule has 1 aromatic rings. The lowest BCUT2D eigenvalue weighted by atomic mass is 10.1. The molecule has 1 aliphatic rings. The first kappa shape index (κ1) is 11.7. The van der Waals surface area contributed by atoms with Gasteiger partial charge in [-0.1, -0.05) is 36.9 Å². The highest BCUT2D eigenvalue weighted by atomic mass is 32.2. The first-order chi connectivity index (χ1) is 7.88. The van der Waals surface area contributed by atoms with Crippen LogP contribution in [0.5, 0.6) is 0 Å². The van der Waals surface area contributed by atoms with Gasteiger partial charge in [0.1, 0.15) is 0 Å². The highest BCUT2D eigenvalue weighted by molar-refractivity contribution is 7.98. The molecule has 0 radical (unpaired) electrons. The average Bonchev–Trinajstić information content (AvgIpc) is 2.83. The molecule has 1 heterocycles. The monoisotopic (exact) mass is 233 g/mol. The highest BCUT2D eigenvalue weighted by Crippen LogP contribution is 2.17. The van der Waals surface area contributed by atoms with Crippen molar-refractivity contribution in [1.82, 2.24) is 4.90 Å². The van der Waals surface area contributed by atoms with E-state index in [0.717, 1.165) is 5.75 Å². The summed E-state index contributed by atoms with van der Waals surface area (Å²) in [4.78, 5) is 2.54. The number of hydrogen-bond acceptors (Lipinski definition) is 2. The van der Waals surface area contributed by atoms with Crippen molar-refractivity contribution in [1.29, 1.82) is 0 Å². The van der Waals surface area contributed by atoms with Crippen LogP contribution in [0.15, 0.2) is 30.8 Å². The molecule has 0 amide bonds. The first-order valence-corrected chi connectivity index (χ1v) is 7.05. The Bertz CT molecular complexity index is 325. The first-order valence-electron chi connectivity index (χ1n) is 5.90. The summed E-state index contributed by atoms with van der Waals surface area (Å²) in [7, 11) is 0. The third kappa shape index (κ3) is 3.39. The molecule has 2 heteroatoms. The van der Waals surface area contributed by atoms with Crippen LogP contribution in [-0.4, -0.2) is 23.9 Å². The third-order valence-electron chi connectivity index (χ3n) is 2.96. The fourth-order valence-corrected chi connectivity index (χ4v) is 2.99. The molecule has 1 aromatic carbocycles. The summed E-state index contributed by atoms with van der Waals surface area (Å²) < 4.78 is 0. The number of nitrogens with zero attached hydrogens (tertiary/aromatic N) is 1. The Morgan fingerprint density at radius 3 is 2.50 bits per heavy atom. The lowest BCUT2D eigenvalue weighted by Crippen LogP contribution is -2.18. The maximum atomic E-state index is 3.76. The molecule has 0 saturated carbocycles. The van der Waals surface area contributed by atoms with E-state index in [0.29, 0.717) is 0 Å². The summed E-state index contributed by atoms with van der Waals surface area (Å²) in [6, 6.07) is 8.68. The summed E-state index contributed by atoms with van der Waals surface area (Å²) in [5, 5.41) is 0. The van der Waals surface area contributed by atoms with E-state index in [2.05, 4.69) is 35.7 Å². The second-order valence-corrected chi connectivity index (χ2v) is 5.20. The van der Waals surface area contributed by atoms with E-state index in [9.17, 15) is 0 Å². The van der Waals surface area contributed by atoms with E-state index in [1.807, 2.05) is 17.8 Å². The molecular formula is C14H19NS. The second-order valence-electron chi connectivity index (χ2n) is 4.25. The Balaban J connectivity index is 1.73. The van der Waals surface area contributed by atoms with Gasteiger partial charge in [0.05, 0.1) is 0 Å². The fraction of sp³-hybridized carbons (Fsp3) is 0.429. The predicted molar refractivity (Wildman–Crippen MR) is 73.5 cm³/mol. The zero-order valence-corrected chi connectivity index (χ0v) is 10.5. The second kappa shape index (κ2) is 6.12. The average molecular weight is 233 g/mol. The fourth-order valence-electron chi connectivity index (χ4n) is 1.95. The molecule has 0 bridgehead atoms. The summed E-state index contributed by atoms with van der Waals surface area (Å²) >= 11 is 2.02. The minimum atomic E-state index is 1.12. The Morgan fingerprint density at radius 2 is 1.88 bits per heavy atom. The van der Waals surface area contributed by atoms with Gasteiger partial charge in [-0.25, -0.2) is 0 Å². The Labute approximate surface area is 103 Å². The van der Waals surface area contributed by atoms with Gasteiger partial charge in [0.2, 0.25) is 0 Å². The van der Waals surface area contributed by atoms with Gasteiger partial charge in [-0.05, 0) is 37.1 Å². The van der Waals surface area contributed by atoms with Crippen molar-refractivity contribution in [3.8, 4) is 0 Å². The minimum absolute atomic E-state index is 1.12. The van der Waals surface area contributed by atoms with Crippen LogP contribution in [0.4, 0.5) is 0 Å². The molecule has 0 atom stereocenters. The molecule has 1 nitrogen and oxygen atoms in total. The normalized spacial score (nSPS) is 16.5. The van der Waals surface area contributed by atoms with Crippen LogP contribution in [0.1, 0.15) is 24.0 Å². The van der Waals surface area contributed by atoms with Crippen LogP contribution < -0.4 is 0 Å². The third-order valence-corrected chi connectivity index (χ3v) is 4.04. The minimum Gasteiger partial charge on any atom is -0.294 e. The Kier molecular flexibility index (Phi) is 4.49. The quantitative estimate of drug-likeness (QED) is 0.764. The van der Waals surface area contributed by atoms with Crippen LogP contribution in [0.2, 0.25) is 0 Å². The van der Waals surface area contributed by atoms with Gasteiger partial charge < -0.3 is 0 Å². The largest absolute Gasteiger partial charge is 0.294 e. The summed E-state index contributed by atoms with van der Waals surface area (Å²) in [5.41, 5.74) is 2.61. The molecule has 2 rings (SSSR count). The summed E-state index contributed by atoms with van der Waals surface area (Å²) in [5.74, 6) is 2.30. The summed E-state index contributed by atoms with van der Waals surface area (Å²) in [6.07, 6.45) is 4.66. The van der Waals surface area contributed by atoms with Gasteiger partial charge in [-0.3, -0.25) is 4.90 Å². The number of thioether (sulfide) groups is 1. The zero-order valence-electron chi connectivity index (χ0n) is 9.69. The SMILES string of the molecule is C=Cc1ccc(CSCN2CCCC2)cc1. The molecule has 1 saturated heterocycles. The Hall–Kier alpha value is -0.730. The van der Waals surface area contributed by atoms with Crippen molar-refractivity contribution in [3.05, 3.63) is 42.0 Å². The van der Waals surface area contributed by atoms with Crippen molar-refractivity contribution in [2.45, 2.75) is 18.6 Å². The molecule has 0 unspecified atom stereocenters. The van der Waals surface area contributed by atoms with Gasteiger partial charge in [0, 0.05) is 11.6 Å². The molecule has 16 heavy (non-hydrogen) atoms. The maximum Gasteiger partial charge on any atom is 0.0447 e. The molecule has 0 aliphatic carbocycles. The zero-order chi connectivity index (χ0) is 11.2. The van der Waals surface area contributed by atoms with Gasteiger partial charge in [-0.15, -0.1) is 11.8 Å². The molecule has 1 fully saturated rings. The van der Waals surface area contributed by atoms with Crippen LogP contribution in [-0.2, 0) is 5.75 Å². The van der Waals surface area contributed by atoms with Crippen molar-refractivity contribution >= 4 is 17.8 Å². The number of hydrogen-bond donors (Lipinski definition) is 0. The van der Waals surface area contributed by atoms with Crippen LogP contribution in [0.3, 0.4) is 0 Å². The van der Waals surface area contributed by atoms with Gasteiger partial charge >= 0.3 is 0 Å². The van der Waals surface area contributed by atoms with Gasteiger partial charge in [-0.2, -0.15) is 0 Å². The number of likely N-dealkylation sites (tertiary alicyclic amines) is 1. The molecule has 0 aromatic heterocycles. The summed E-state index contributed by atoms with van der Waals surface area (Å²) in [6.45, 7) is 6.35. The molecule has 86 valence electrons. The van der Waals surface area contributed by atoms with Crippen molar-refractivity contribution in [3.63, 3.8) is 0 Å². The van der Waals surface area contributed by atoms with E-state index in [4.69, 9.17) is 0 Å². The van der Waals surface area contributed by atoms with E-state index < -0.39 is 0 Å². The van der Waals surface area contributed by atoms with E-state index in [-0.39, 0.29) is 0 Å². The number of benzene rings is 1. The van der Waals surface area contributed by atoms with Crippen LogP contribution in [0, 0.1) is 0 Å². The predicted octanol–water partition coefficient (Wildman–Crippen LogP) is 3.62. The van der Waals surface area contributed by atoms with Crippen LogP contribution >= 0.6 is 11.8 Å². The van der Waals surface area contributed by atoms with E-state index >= 15 is 0 Å². The van der Waals surface area contributed by atoms with Gasteiger partial charge in [0.15, 0.2) is 0 Å². The van der Waals surface area contributed by atoms with E-state index in [1.165, 1.54) is 42.9 Å². The van der Waals surface area contributed by atoms with E-state index in [1.54, 1.807) is 0 Å². The lowest BCUT2D eigenvalue weighted by molar-refractivity contribution is 0.401. The molecule has 0 N–H and O–H groups in total. The molecular weight excluding hydrogens is 214 g/mol.